The number of hydrogen-bond donors (Lipinski definition) is 0. The van der Waals surface area contributed by atoms with Crippen molar-refractivity contribution in [3.63, 3.8) is 0 Å². The lowest BCUT2D eigenvalue weighted by Crippen LogP contribution is -2.24. The van der Waals surface area contributed by atoms with E-state index in [0.29, 0.717) is 6.54 Å². The van der Waals surface area contributed by atoms with Gasteiger partial charge in [-0.1, -0.05) is 48.5 Å². The Kier molecular flexibility index (Phi) is 5.36. The normalized spacial score (nSPS) is 11.9. The summed E-state index contributed by atoms with van der Waals surface area (Å²) in [5, 5.41) is 9.39. The van der Waals surface area contributed by atoms with E-state index in [1.807, 2.05) is 55.6 Å². The van der Waals surface area contributed by atoms with E-state index in [-0.39, 0.29) is 5.92 Å². The van der Waals surface area contributed by atoms with Gasteiger partial charge < -0.3 is 9.64 Å². The van der Waals surface area contributed by atoms with Crippen molar-refractivity contribution in [1.29, 1.82) is 5.26 Å². The molecule has 0 bridgehead atoms. The standard InChI is InChI=1S/C18H20N2O/c1-20(13-16-10-6-7-11-18(16)21-2)14-17(12-19)15-8-4-3-5-9-15/h3-11,17H,13-14H2,1-2H3. The molecule has 0 fully saturated rings. The summed E-state index contributed by atoms with van der Waals surface area (Å²) in [7, 11) is 3.71. The largest absolute Gasteiger partial charge is 0.496 e. The number of ether oxygens (including phenoxy) is 1. The quantitative estimate of drug-likeness (QED) is 0.813. The average Bonchev–Trinajstić information content (AvgIpc) is 2.54. The van der Waals surface area contributed by atoms with Gasteiger partial charge in [-0.25, -0.2) is 0 Å². The van der Waals surface area contributed by atoms with Crippen LogP contribution in [0.5, 0.6) is 5.75 Å². The first-order valence-electron chi connectivity index (χ1n) is 6.99. The zero-order chi connectivity index (χ0) is 15.1. The van der Waals surface area contributed by atoms with Gasteiger partial charge in [0.1, 0.15) is 5.75 Å². The number of methoxy groups -OCH3 is 1. The van der Waals surface area contributed by atoms with Crippen molar-refractivity contribution in [2.75, 3.05) is 20.7 Å². The Morgan fingerprint density at radius 3 is 2.43 bits per heavy atom. The fraction of sp³-hybridized carbons (Fsp3) is 0.278. The van der Waals surface area contributed by atoms with Gasteiger partial charge in [0.05, 0.1) is 19.1 Å². The molecule has 0 spiro atoms. The Bertz CT molecular complexity index is 604. The van der Waals surface area contributed by atoms with Crippen LogP contribution < -0.4 is 4.74 Å². The average molecular weight is 280 g/mol. The Morgan fingerprint density at radius 1 is 1.10 bits per heavy atom. The molecule has 1 unspecified atom stereocenters. The molecule has 2 aromatic carbocycles. The minimum atomic E-state index is -0.120. The third kappa shape index (κ3) is 4.08. The third-order valence-electron chi connectivity index (χ3n) is 3.48. The Balaban J connectivity index is 2.04. The Morgan fingerprint density at radius 2 is 1.76 bits per heavy atom. The molecule has 0 aromatic heterocycles. The van der Waals surface area contributed by atoms with E-state index in [2.05, 4.69) is 17.0 Å². The van der Waals surface area contributed by atoms with E-state index >= 15 is 0 Å². The molecule has 0 heterocycles. The molecule has 0 aliphatic rings. The molecule has 0 saturated heterocycles. The molecule has 2 rings (SSSR count). The van der Waals surface area contributed by atoms with Crippen molar-refractivity contribution >= 4 is 0 Å². The van der Waals surface area contributed by atoms with Gasteiger partial charge in [-0.15, -0.1) is 0 Å². The second kappa shape index (κ2) is 7.47. The maximum atomic E-state index is 9.39. The van der Waals surface area contributed by atoms with E-state index in [1.54, 1.807) is 7.11 Å². The first-order chi connectivity index (χ1) is 10.2. The van der Waals surface area contributed by atoms with Crippen molar-refractivity contribution in [3.8, 4) is 11.8 Å². The summed E-state index contributed by atoms with van der Waals surface area (Å²) in [4.78, 5) is 2.15. The highest BCUT2D eigenvalue weighted by molar-refractivity contribution is 5.33. The highest BCUT2D eigenvalue weighted by Crippen LogP contribution is 2.21. The Hall–Kier alpha value is -2.31. The molecule has 0 saturated carbocycles. The maximum Gasteiger partial charge on any atom is 0.123 e. The zero-order valence-electron chi connectivity index (χ0n) is 12.5. The second-order valence-electron chi connectivity index (χ2n) is 5.10. The van der Waals surface area contributed by atoms with Crippen LogP contribution in [0.2, 0.25) is 0 Å². The first-order valence-corrected chi connectivity index (χ1v) is 6.99. The van der Waals surface area contributed by atoms with E-state index in [1.165, 1.54) is 0 Å². The third-order valence-corrected chi connectivity index (χ3v) is 3.48. The molecule has 0 aliphatic carbocycles. The minimum absolute atomic E-state index is 0.120. The van der Waals surface area contributed by atoms with Crippen molar-refractivity contribution in [2.45, 2.75) is 12.5 Å². The van der Waals surface area contributed by atoms with Crippen LogP contribution in [0.15, 0.2) is 54.6 Å². The predicted octanol–water partition coefficient (Wildman–Crippen LogP) is 3.43. The van der Waals surface area contributed by atoms with Crippen LogP contribution in [-0.4, -0.2) is 25.6 Å². The summed E-state index contributed by atoms with van der Waals surface area (Å²) >= 11 is 0. The molecule has 0 aliphatic heterocycles. The first kappa shape index (κ1) is 15.1. The molecule has 21 heavy (non-hydrogen) atoms. The van der Waals surface area contributed by atoms with Crippen LogP contribution >= 0.6 is 0 Å². The van der Waals surface area contributed by atoms with Crippen LogP contribution in [0.25, 0.3) is 0 Å². The van der Waals surface area contributed by atoms with Gasteiger partial charge in [0.15, 0.2) is 0 Å². The SMILES string of the molecule is COc1ccccc1CN(C)CC(C#N)c1ccccc1. The summed E-state index contributed by atoms with van der Waals surface area (Å²) in [6.07, 6.45) is 0. The highest BCUT2D eigenvalue weighted by Gasteiger charge is 2.14. The van der Waals surface area contributed by atoms with Gasteiger partial charge in [-0.05, 0) is 18.7 Å². The fourth-order valence-electron chi connectivity index (χ4n) is 2.41. The van der Waals surface area contributed by atoms with E-state index < -0.39 is 0 Å². The van der Waals surface area contributed by atoms with Crippen molar-refractivity contribution in [1.82, 2.24) is 4.90 Å². The molecule has 3 heteroatoms. The lowest BCUT2D eigenvalue weighted by Gasteiger charge is -2.21. The molecule has 0 radical (unpaired) electrons. The van der Waals surface area contributed by atoms with Gasteiger partial charge >= 0.3 is 0 Å². The van der Waals surface area contributed by atoms with Crippen molar-refractivity contribution in [3.05, 3.63) is 65.7 Å². The highest BCUT2D eigenvalue weighted by atomic mass is 16.5. The maximum absolute atomic E-state index is 9.39. The molecule has 1 atom stereocenters. The molecule has 0 N–H and O–H groups in total. The van der Waals surface area contributed by atoms with Crippen LogP contribution in [0.1, 0.15) is 17.0 Å². The summed E-state index contributed by atoms with van der Waals surface area (Å²) < 4.78 is 5.37. The number of rotatable bonds is 6. The van der Waals surface area contributed by atoms with Gasteiger partial charge in [-0.3, -0.25) is 0 Å². The number of nitrogens with zero attached hydrogens (tertiary/aromatic N) is 2. The molecule has 3 nitrogen and oxygen atoms in total. The van der Waals surface area contributed by atoms with E-state index in [4.69, 9.17) is 4.74 Å². The predicted molar refractivity (Wildman–Crippen MR) is 84.1 cm³/mol. The number of hydrogen-bond acceptors (Lipinski definition) is 3. The molecule has 108 valence electrons. The summed E-state index contributed by atoms with van der Waals surface area (Å²) in [5.74, 6) is 0.767. The van der Waals surface area contributed by atoms with Crippen molar-refractivity contribution in [2.24, 2.45) is 0 Å². The van der Waals surface area contributed by atoms with Gasteiger partial charge in [0.25, 0.3) is 0 Å². The number of para-hydroxylation sites is 1. The fourth-order valence-corrected chi connectivity index (χ4v) is 2.41. The van der Waals surface area contributed by atoms with Gasteiger partial charge in [-0.2, -0.15) is 5.26 Å². The molecular weight excluding hydrogens is 260 g/mol. The number of likely N-dealkylation sites (N-methyl/N-ethyl adjacent to an activating group) is 1. The number of benzene rings is 2. The lowest BCUT2D eigenvalue weighted by atomic mass is 10.00. The zero-order valence-corrected chi connectivity index (χ0v) is 12.5. The van der Waals surface area contributed by atoms with Crippen LogP contribution in [0.3, 0.4) is 0 Å². The lowest BCUT2D eigenvalue weighted by molar-refractivity contribution is 0.311. The summed E-state index contributed by atoms with van der Waals surface area (Å²) in [6.45, 7) is 1.45. The van der Waals surface area contributed by atoms with Crippen LogP contribution in [0.4, 0.5) is 0 Å². The molecular formula is C18H20N2O. The summed E-state index contributed by atoms with van der Waals surface area (Å²) in [6, 6.07) is 20.3. The number of nitriles is 1. The van der Waals surface area contributed by atoms with E-state index in [0.717, 1.165) is 23.4 Å². The second-order valence-corrected chi connectivity index (χ2v) is 5.10. The molecule has 0 amide bonds. The van der Waals surface area contributed by atoms with Gasteiger partial charge in [0.2, 0.25) is 0 Å². The minimum Gasteiger partial charge on any atom is -0.496 e. The smallest absolute Gasteiger partial charge is 0.123 e. The van der Waals surface area contributed by atoms with Gasteiger partial charge in [0, 0.05) is 18.7 Å². The van der Waals surface area contributed by atoms with Crippen LogP contribution in [0, 0.1) is 11.3 Å². The van der Waals surface area contributed by atoms with Crippen molar-refractivity contribution < 1.29 is 4.74 Å². The Labute approximate surface area is 126 Å². The summed E-state index contributed by atoms with van der Waals surface area (Å²) in [5.41, 5.74) is 2.19. The van der Waals surface area contributed by atoms with E-state index in [9.17, 15) is 5.26 Å². The topological polar surface area (TPSA) is 36.3 Å². The van der Waals surface area contributed by atoms with Crippen LogP contribution in [-0.2, 0) is 6.54 Å². The monoisotopic (exact) mass is 280 g/mol. The molecule has 2 aromatic rings.